The largest absolute Gasteiger partial charge is 0.497 e. The minimum atomic E-state index is -0.448. The number of carbonyl (C=O) groups excluding carboxylic acids is 2. The molecule has 1 aromatic carbocycles. The lowest BCUT2D eigenvalue weighted by molar-refractivity contribution is -0.136. The second-order valence-electron chi connectivity index (χ2n) is 7.30. The van der Waals surface area contributed by atoms with Crippen LogP contribution in [0.25, 0.3) is 0 Å². The summed E-state index contributed by atoms with van der Waals surface area (Å²) in [5, 5.41) is 5.35. The molecule has 1 aliphatic heterocycles. The van der Waals surface area contributed by atoms with Crippen molar-refractivity contribution in [2.45, 2.75) is 25.2 Å². The van der Waals surface area contributed by atoms with Gasteiger partial charge in [0.1, 0.15) is 11.5 Å². The van der Waals surface area contributed by atoms with Crippen molar-refractivity contribution in [2.24, 2.45) is 5.92 Å². The third-order valence-corrected chi connectivity index (χ3v) is 6.64. The highest BCUT2D eigenvalue weighted by atomic mass is 32.1. The van der Waals surface area contributed by atoms with Crippen molar-refractivity contribution >= 4 is 23.1 Å². The van der Waals surface area contributed by atoms with Crippen LogP contribution < -0.4 is 10.1 Å². The molecule has 2 aromatic rings. The molecule has 150 valence electrons. The number of fused-ring (bicyclic) bond motifs is 1. The van der Waals surface area contributed by atoms with Gasteiger partial charge in [-0.1, -0.05) is 24.3 Å². The molecule has 29 heavy (non-hydrogen) atoms. The number of ketones is 1. The molecule has 3 atom stereocenters. The normalized spacial score (nSPS) is 23.8. The Morgan fingerprint density at radius 1 is 1.17 bits per heavy atom. The predicted octanol–water partition coefficient (Wildman–Crippen LogP) is 4.15. The number of rotatable bonds is 4. The minimum absolute atomic E-state index is 0.0553. The van der Waals surface area contributed by atoms with E-state index in [1.807, 2.05) is 42.6 Å². The molecule has 0 fully saturated rings. The number of hydrogen-bond donors (Lipinski definition) is 1. The van der Waals surface area contributed by atoms with Crippen LogP contribution in [0.15, 0.2) is 64.8 Å². The third-order valence-electron chi connectivity index (χ3n) is 5.63. The summed E-state index contributed by atoms with van der Waals surface area (Å²) in [5.74, 6) is -0.420. The second-order valence-corrected chi connectivity index (χ2v) is 8.28. The fourth-order valence-corrected chi connectivity index (χ4v) is 5.13. The molecular weight excluding hydrogens is 386 g/mol. The van der Waals surface area contributed by atoms with Gasteiger partial charge in [-0.25, -0.2) is 4.79 Å². The summed E-state index contributed by atoms with van der Waals surface area (Å²) in [5.41, 5.74) is 2.93. The van der Waals surface area contributed by atoms with Gasteiger partial charge in [-0.15, -0.1) is 11.3 Å². The van der Waals surface area contributed by atoms with E-state index >= 15 is 0 Å². The number of esters is 1. The van der Waals surface area contributed by atoms with Gasteiger partial charge in [0, 0.05) is 34.5 Å². The topological polar surface area (TPSA) is 64.6 Å². The standard InChI is InChI=1S/C23H23NO4S/c1-13-20(23(26)28-3)21(14-6-4-7-16(10-14)27-2)22-17(24-13)11-15(12-18(22)25)19-8-5-9-29-19/h4-11,15,21-22,24H,12H2,1-3H3. The van der Waals surface area contributed by atoms with Crippen LogP contribution in [0.5, 0.6) is 5.75 Å². The van der Waals surface area contributed by atoms with Gasteiger partial charge >= 0.3 is 5.97 Å². The maximum absolute atomic E-state index is 13.4. The van der Waals surface area contributed by atoms with E-state index in [-0.39, 0.29) is 11.7 Å². The zero-order chi connectivity index (χ0) is 20.5. The SMILES string of the molecule is COC(=O)C1=C(C)NC2=CC(c3cccs3)CC(=O)C2C1c1cccc(OC)c1. The van der Waals surface area contributed by atoms with Crippen molar-refractivity contribution in [3.05, 3.63) is 75.3 Å². The molecule has 0 bridgehead atoms. The van der Waals surface area contributed by atoms with Gasteiger partial charge < -0.3 is 14.8 Å². The van der Waals surface area contributed by atoms with E-state index in [2.05, 4.69) is 17.5 Å². The highest BCUT2D eigenvalue weighted by Gasteiger charge is 2.45. The lowest BCUT2D eigenvalue weighted by Gasteiger charge is -2.39. The number of carbonyl (C=O) groups is 2. The molecule has 4 rings (SSSR count). The molecular formula is C23H23NO4S. The van der Waals surface area contributed by atoms with Crippen molar-refractivity contribution in [2.75, 3.05) is 14.2 Å². The number of nitrogens with one attached hydrogen (secondary N) is 1. The highest BCUT2D eigenvalue weighted by molar-refractivity contribution is 7.10. The average Bonchev–Trinajstić information content (AvgIpc) is 3.27. The average molecular weight is 410 g/mol. The first-order chi connectivity index (χ1) is 14.0. The van der Waals surface area contributed by atoms with Crippen LogP contribution in [0.1, 0.15) is 35.6 Å². The Hall–Kier alpha value is -2.86. The summed E-state index contributed by atoms with van der Waals surface area (Å²) in [6.07, 6.45) is 2.56. The smallest absolute Gasteiger partial charge is 0.336 e. The fraction of sp³-hybridized carbons (Fsp3) is 0.304. The maximum Gasteiger partial charge on any atom is 0.336 e. The van der Waals surface area contributed by atoms with Crippen molar-refractivity contribution in [3.8, 4) is 5.75 Å². The van der Waals surface area contributed by atoms with Gasteiger partial charge in [0.2, 0.25) is 0 Å². The van der Waals surface area contributed by atoms with Gasteiger partial charge in [-0.3, -0.25) is 4.79 Å². The molecule has 5 nitrogen and oxygen atoms in total. The van der Waals surface area contributed by atoms with Crippen molar-refractivity contribution in [3.63, 3.8) is 0 Å². The molecule has 0 saturated heterocycles. The summed E-state index contributed by atoms with van der Waals surface area (Å²) in [4.78, 5) is 27.2. The predicted molar refractivity (Wildman–Crippen MR) is 112 cm³/mol. The van der Waals surface area contributed by atoms with Crippen molar-refractivity contribution in [1.82, 2.24) is 5.32 Å². The molecule has 0 amide bonds. The number of ether oxygens (including phenoxy) is 2. The van der Waals surface area contributed by atoms with Gasteiger partial charge in [0.15, 0.2) is 0 Å². The number of thiophene rings is 1. The van der Waals surface area contributed by atoms with E-state index in [1.165, 1.54) is 12.0 Å². The second kappa shape index (κ2) is 7.87. The molecule has 1 aliphatic carbocycles. The molecule has 2 aliphatic rings. The van der Waals surface area contributed by atoms with E-state index in [4.69, 9.17) is 9.47 Å². The van der Waals surface area contributed by atoms with Gasteiger partial charge in [0.05, 0.1) is 25.7 Å². The van der Waals surface area contributed by atoms with E-state index < -0.39 is 17.8 Å². The molecule has 0 saturated carbocycles. The summed E-state index contributed by atoms with van der Waals surface area (Å²) in [6, 6.07) is 11.6. The zero-order valence-electron chi connectivity index (χ0n) is 16.6. The Morgan fingerprint density at radius 2 is 2.00 bits per heavy atom. The molecule has 3 unspecified atom stereocenters. The molecule has 1 aromatic heterocycles. The monoisotopic (exact) mass is 409 g/mol. The van der Waals surface area contributed by atoms with Crippen LogP contribution in [-0.2, 0) is 14.3 Å². The third kappa shape index (κ3) is 3.49. The fourth-order valence-electron chi connectivity index (χ4n) is 4.33. The molecule has 2 heterocycles. The van der Waals surface area contributed by atoms with E-state index in [0.717, 1.165) is 11.3 Å². The van der Waals surface area contributed by atoms with Crippen LogP contribution in [0.4, 0.5) is 0 Å². The Kier molecular flexibility index (Phi) is 5.28. The molecule has 1 N–H and O–H groups in total. The van der Waals surface area contributed by atoms with Gasteiger partial charge in [0.25, 0.3) is 0 Å². The van der Waals surface area contributed by atoms with Crippen molar-refractivity contribution in [1.29, 1.82) is 0 Å². The number of allylic oxidation sites excluding steroid dienone is 3. The maximum atomic E-state index is 13.4. The van der Waals surface area contributed by atoms with Crippen LogP contribution in [-0.4, -0.2) is 26.0 Å². The summed E-state index contributed by atoms with van der Waals surface area (Å²) in [6.45, 7) is 1.86. The number of Topliss-reactive ketones (excluding diaryl/α,β-unsaturated/α-hetero) is 1. The zero-order valence-corrected chi connectivity index (χ0v) is 17.4. The molecule has 6 heteroatoms. The quantitative estimate of drug-likeness (QED) is 0.769. The van der Waals surface area contributed by atoms with Crippen LogP contribution in [0.3, 0.4) is 0 Å². The first-order valence-electron chi connectivity index (χ1n) is 9.51. The number of methoxy groups -OCH3 is 2. The molecule has 0 spiro atoms. The van der Waals surface area contributed by atoms with Crippen LogP contribution in [0, 0.1) is 5.92 Å². The summed E-state index contributed by atoms with van der Waals surface area (Å²) < 4.78 is 10.4. The first kappa shape index (κ1) is 19.5. The van der Waals surface area contributed by atoms with Crippen LogP contribution >= 0.6 is 11.3 Å². The van der Waals surface area contributed by atoms with E-state index in [1.54, 1.807) is 18.4 Å². The minimum Gasteiger partial charge on any atom is -0.497 e. The van der Waals surface area contributed by atoms with E-state index in [9.17, 15) is 9.59 Å². The highest BCUT2D eigenvalue weighted by Crippen LogP contribution is 2.46. The van der Waals surface area contributed by atoms with Crippen molar-refractivity contribution < 1.29 is 19.1 Å². The van der Waals surface area contributed by atoms with E-state index in [0.29, 0.717) is 23.4 Å². The Morgan fingerprint density at radius 3 is 2.69 bits per heavy atom. The Labute approximate surface area is 174 Å². The van der Waals surface area contributed by atoms with Gasteiger partial charge in [-0.05, 0) is 36.1 Å². The number of benzene rings is 1. The summed E-state index contributed by atoms with van der Waals surface area (Å²) >= 11 is 1.66. The van der Waals surface area contributed by atoms with Gasteiger partial charge in [-0.2, -0.15) is 0 Å². The summed E-state index contributed by atoms with van der Waals surface area (Å²) in [7, 11) is 2.97. The first-order valence-corrected chi connectivity index (χ1v) is 10.4. The molecule has 0 radical (unpaired) electrons. The lowest BCUT2D eigenvalue weighted by Crippen LogP contribution is -2.41. The Balaban J connectivity index is 1.85. The Bertz CT molecular complexity index is 1010. The number of hydrogen-bond acceptors (Lipinski definition) is 6. The lowest BCUT2D eigenvalue weighted by atomic mass is 9.69. The van der Waals surface area contributed by atoms with Crippen LogP contribution in [0.2, 0.25) is 0 Å².